The SMILES string of the molecule is [2H]C([2H])([2H])Oc1cc(CNC(=O)CCCC/C=C/C(=C)C)ccc1O. The van der Waals surface area contributed by atoms with E-state index in [1.165, 1.54) is 12.1 Å². The Morgan fingerprint density at radius 2 is 2.32 bits per heavy atom. The molecular formula is C18H25NO3. The third-order valence-electron chi connectivity index (χ3n) is 3.05. The summed E-state index contributed by atoms with van der Waals surface area (Å²) in [4.78, 5) is 11.8. The van der Waals surface area contributed by atoms with E-state index in [0.29, 0.717) is 12.0 Å². The summed E-state index contributed by atoms with van der Waals surface area (Å²) >= 11 is 0. The van der Waals surface area contributed by atoms with E-state index in [1.54, 1.807) is 6.07 Å². The second kappa shape index (κ2) is 9.66. The first-order chi connectivity index (χ1) is 11.7. The van der Waals surface area contributed by atoms with Crippen LogP contribution in [-0.4, -0.2) is 18.1 Å². The van der Waals surface area contributed by atoms with Crippen LogP contribution >= 0.6 is 0 Å². The van der Waals surface area contributed by atoms with Crippen molar-refractivity contribution in [3.8, 4) is 11.5 Å². The Hall–Kier alpha value is -2.23. The molecule has 0 bridgehead atoms. The highest BCUT2D eigenvalue weighted by atomic mass is 16.5. The second-order valence-corrected chi connectivity index (χ2v) is 5.18. The number of phenolic OH excluding ortho intramolecular Hbond substituents is 1. The molecule has 0 saturated heterocycles. The van der Waals surface area contributed by atoms with Crippen LogP contribution in [0.1, 0.15) is 42.3 Å². The van der Waals surface area contributed by atoms with Gasteiger partial charge in [-0.1, -0.05) is 30.4 Å². The highest BCUT2D eigenvalue weighted by molar-refractivity contribution is 5.75. The molecule has 22 heavy (non-hydrogen) atoms. The standard InChI is InChI=1S/C18H25NO3/c1-14(2)8-6-4-5-7-9-18(21)19-13-15-10-11-16(20)17(12-15)22-3/h6,8,10-12,20H,1,4-5,7,9,13H2,2-3H3,(H,19,21)/b8-6+/i3D3. The number of hydrogen-bond acceptors (Lipinski definition) is 3. The normalized spacial score (nSPS) is 13.2. The summed E-state index contributed by atoms with van der Waals surface area (Å²) in [6, 6.07) is 4.35. The molecule has 4 nitrogen and oxygen atoms in total. The van der Waals surface area contributed by atoms with Crippen molar-refractivity contribution >= 4 is 5.91 Å². The van der Waals surface area contributed by atoms with Gasteiger partial charge in [-0.3, -0.25) is 4.79 Å². The summed E-state index contributed by atoms with van der Waals surface area (Å²) in [6.07, 6.45) is 7.06. The van der Waals surface area contributed by atoms with E-state index in [1.807, 2.05) is 19.1 Å². The van der Waals surface area contributed by atoms with Crippen LogP contribution in [0, 0.1) is 0 Å². The van der Waals surface area contributed by atoms with E-state index in [9.17, 15) is 9.90 Å². The molecule has 0 aromatic heterocycles. The number of aromatic hydroxyl groups is 1. The Labute approximate surface area is 136 Å². The number of unbranched alkanes of at least 4 members (excludes halogenated alkanes) is 2. The van der Waals surface area contributed by atoms with E-state index in [0.717, 1.165) is 24.8 Å². The van der Waals surface area contributed by atoms with Crippen LogP contribution in [0.5, 0.6) is 11.5 Å². The first-order valence-corrected chi connectivity index (χ1v) is 7.27. The first-order valence-electron chi connectivity index (χ1n) is 8.77. The van der Waals surface area contributed by atoms with Crippen LogP contribution in [0.3, 0.4) is 0 Å². The molecule has 0 radical (unpaired) electrons. The second-order valence-electron chi connectivity index (χ2n) is 5.18. The molecule has 0 unspecified atom stereocenters. The van der Waals surface area contributed by atoms with E-state index >= 15 is 0 Å². The minimum atomic E-state index is -2.64. The summed E-state index contributed by atoms with van der Waals surface area (Å²) in [5.74, 6) is -0.458. The van der Waals surface area contributed by atoms with Gasteiger partial charge < -0.3 is 15.2 Å². The average molecular weight is 306 g/mol. The highest BCUT2D eigenvalue weighted by Crippen LogP contribution is 2.26. The van der Waals surface area contributed by atoms with Gasteiger partial charge in [0.1, 0.15) is 0 Å². The maximum Gasteiger partial charge on any atom is 0.220 e. The molecule has 0 spiro atoms. The maximum absolute atomic E-state index is 11.8. The molecule has 1 amide bonds. The van der Waals surface area contributed by atoms with Crippen LogP contribution in [0.15, 0.2) is 42.5 Å². The van der Waals surface area contributed by atoms with Crippen LogP contribution in [-0.2, 0) is 11.3 Å². The molecule has 0 aliphatic carbocycles. The highest BCUT2D eigenvalue weighted by Gasteiger charge is 2.04. The monoisotopic (exact) mass is 306 g/mol. The number of benzene rings is 1. The Balaban J connectivity index is 2.38. The predicted molar refractivity (Wildman–Crippen MR) is 88.9 cm³/mol. The van der Waals surface area contributed by atoms with Gasteiger partial charge in [0.15, 0.2) is 11.5 Å². The number of rotatable bonds is 9. The van der Waals surface area contributed by atoms with Crippen LogP contribution < -0.4 is 10.1 Å². The van der Waals surface area contributed by atoms with Gasteiger partial charge >= 0.3 is 0 Å². The lowest BCUT2D eigenvalue weighted by Crippen LogP contribution is -2.22. The van der Waals surface area contributed by atoms with Gasteiger partial charge in [0.2, 0.25) is 5.91 Å². The smallest absolute Gasteiger partial charge is 0.220 e. The molecule has 0 saturated carbocycles. The minimum Gasteiger partial charge on any atom is -0.504 e. The fourth-order valence-electron chi connectivity index (χ4n) is 1.87. The third kappa shape index (κ3) is 6.97. The van der Waals surface area contributed by atoms with Gasteiger partial charge in [0, 0.05) is 13.0 Å². The number of methoxy groups -OCH3 is 1. The van der Waals surface area contributed by atoms with E-state index in [4.69, 9.17) is 8.85 Å². The fourth-order valence-corrected chi connectivity index (χ4v) is 1.87. The molecule has 120 valence electrons. The molecule has 4 heteroatoms. The predicted octanol–water partition coefficient (Wildman–Crippen LogP) is 3.71. The topological polar surface area (TPSA) is 58.6 Å². The van der Waals surface area contributed by atoms with Gasteiger partial charge in [-0.25, -0.2) is 0 Å². The number of carbonyl (C=O) groups is 1. The molecule has 0 aliphatic rings. The number of carbonyl (C=O) groups excluding carboxylic acids is 1. The van der Waals surface area contributed by atoms with Crippen molar-refractivity contribution in [2.75, 3.05) is 7.04 Å². The van der Waals surface area contributed by atoms with Gasteiger partial charge in [0.25, 0.3) is 0 Å². The van der Waals surface area contributed by atoms with Crippen molar-refractivity contribution in [3.05, 3.63) is 48.1 Å². The number of phenols is 1. The van der Waals surface area contributed by atoms with Gasteiger partial charge in [-0.05, 0) is 43.9 Å². The molecular weight excluding hydrogens is 278 g/mol. The number of nitrogens with one attached hydrogen (secondary N) is 1. The third-order valence-corrected chi connectivity index (χ3v) is 3.05. The Morgan fingerprint density at radius 3 is 3.05 bits per heavy atom. The van der Waals surface area contributed by atoms with Crippen molar-refractivity contribution in [2.45, 2.75) is 39.2 Å². The molecule has 0 fully saturated rings. The van der Waals surface area contributed by atoms with Gasteiger partial charge in [0.05, 0.1) is 11.2 Å². The van der Waals surface area contributed by atoms with E-state index < -0.39 is 7.04 Å². The molecule has 1 aromatic rings. The molecule has 1 rings (SSSR count). The quantitative estimate of drug-likeness (QED) is 0.540. The van der Waals surface area contributed by atoms with Crippen molar-refractivity contribution in [1.82, 2.24) is 5.32 Å². The van der Waals surface area contributed by atoms with Crippen molar-refractivity contribution in [1.29, 1.82) is 0 Å². The number of ether oxygens (including phenoxy) is 1. The largest absolute Gasteiger partial charge is 0.504 e. The summed E-state index contributed by atoms with van der Waals surface area (Å²) < 4.78 is 25.9. The Kier molecular flexibility index (Phi) is 5.90. The van der Waals surface area contributed by atoms with Crippen LogP contribution in [0.25, 0.3) is 0 Å². The number of amides is 1. The lowest BCUT2D eigenvalue weighted by Gasteiger charge is -2.08. The maximum atomic E-state index is 11.8. The molecule has 0 heterocycles. The van der Waals surface area contributed by atoms with E-state index in [2.05, 4.69) is 11.9 Å². The lowest BCUT2D eigenvalue weighted by molar-refractivity contribution is -0.121. The summed E-state index contributed by atoms with van der Waals surface area (Å²) in [5.41, 5.74) is 1.66. The Morgan fingerprint density at radius 1 is 1.50 bits per heavy atom. The molecule has 1 aromatic carbocycles. The number of hydrogen-bond donors (Lipinski definition) is 2. The molecule has 2 N–H and O–H groups in total. The summed E-state index contributed by atoms with van der Waals surface area (Å²) in [5, 5.41) is 12.4. The van der Waals surface area contributed by atoms with Crippen molar-refractivity contribution in [3.63, 3.8) is 0 Å². The van der Waals surface area contributed by atoms with Crippen molar-refractivity contribution in [2.24, 2.45) is 0 Å². The fraction of sp³-hybridized carbons (Fsp3) is 0.389. The number of allylic oxidation sites excluding steroid dienone is 3. The average Bonchev–Trinajstić information content (AvgIpc) is 2.50. The summed E-state index contributed by atoms with van der Waals surface area (Å²) in [7, 11) is -2.64. The minimum absolute atomic E-state index is 0.0738. The summed E-state index contributed by atoms with van der Waals surface area (Å²) in [6.45, 7) is 5.95. The van der Waals surface area contributed by atoms with Crippen LogP contribution in [0.2, 0.25) is 0 Å². The Bertz CT molecular complexity index is 624. The zero-order valence-corrected chi connectivity index (χ0v) is 12.9. The first kappa shape index (κ1) is 13.4. The van der Waals surface area contributed by atoms with Gasteiger partial charge in [-0.15, -0.1) is 0 Å². The molecule has 0 aliphatic heterocycles. The van der Waals surface area contributed by atoms with Crippen molar-refractivity contribution < 1.29 is 18.8 Å². The van der Waals surface area contributed by atoms with Crippen LogP contribution in [0.4, 0.5) is 0 Å². The van der Waals surface area contributed by atoms with Gasteiger partial charge in [-0.2, -0.15) is 0 Å². The lowest BCUT2D eigenvalue weighted by atomic mass is 10.1. The molecule has 0 atom stereocenters. The van der Waals surface area contributed by atoms with E-state index in [-0.39, 0.29) is 24.0 Å². The zero-order chi connectivity index (χ0) is 18.9. The zero-order valence-electron chi connectivity index (χ0n) is 15.9.